The molecular weight excluding hydrogens is 562 g/mol. The highest BCUT2D eigenvalue weighted by molar-refractivity contribution is 7.87. The molecule has 0 radical (unpaired) electrons. The third-order valence-electron chi connectivity index (χ3n) is 6.57. The van der Waals surface area contributed by atoms with Crippen LogP contribution in [0.2, 0.25) is 0 Å². The van der Waals surface area contributed by atoms with E-state index in [1.807, 2.05) is 0 Å². The van der Waals surface area contributed by atoms with Crippen LogP contribution in [0.25, 0.3) is 0 Å². The van der Waals surface area contributed by atoms with Gasteiger partial charge in [0.05, 0.1) is 18.8 Å². The summed E-state index contributed by atoms with van der Waals surface area (Å²) < 4.78 is 172. The molecule has 18 heteroatoms. The Labute approximate surface area is 203 Å². The van der Waals surface area contributed by atoms with Crippen molar-refractivity contribution in [3.05, 3.63) is 12.2 Å². The smallest absolute Gasteiger partial charge is 0.431 e. The first-order chi connectivity index (χ1) is 16.5. The molecule has 2 fully saturated rings. The molecule has 2 rings (SSSR count). The molecule has 2 N–H and O–H groups in total. The van der Waals surface area contributed by atoms with E-state index >= 15 is 0 Å². The highest BCUT2D eigenvalue weighted by Gasteiger charge is 2.77. The summed E-state index contributed by atoms with van der Waals surface area (Å²) >= 11 is 0. The highest BCUT2D eigenvalue weighted by atomic mass is 32.2. The molecule has 2 aliphatic rings. The van der Waals surface area contributed by atoms with Crippen LogP contribution >= 0.6 is 0 Å². The zero-order valence-electron chi connectivity index (χ0n) is 18.6. The standard InChI is InChI=1S/C19H22F10O7S/c1-9(8-35-5-4-15(20,21)19(28,29)37(32,33)34)14(30)36-13(12-7-10-2-3-11(12)6-10)16(31,17(22,23)24)18(25,26)27/h10-13,31H,1-8H2,(H,32,33,34). The number of carbonyl (C=O) groups excluding carboxylic acids is 1. The van der Waals surface area contributed by atoms with Gasteiger partial charge in [-0.05, 0) is 31.1 Å². The fourth-order valence-electron chi connectivity index (χ4n) is 4.62. The van der Waals surface area contributed by atoms with Crippen molar-refractivity contribution in [1.82, 2.24) is 0 Å². The molecule has 0 heterocycles. The molecule has 0 aliphatic heterocycles. The predicted octanol–water partition coefficient (Wildman–Crippen LogP) is 4.27. The van der Waals surface area contributed by atoms with E-state index < -0.39 is 88.4 Å². The lowest BCUT2D eigenvalue weighted by Gasteiger charge is -2.42. The van der Waals surface area contributed by atoms with E-state index in [0.717, 1.165) is 0 Å². The van der Waals surface area contributed by atoms with Crippen LogP contribution < -0.4 is 0 Å². The van der Waals surface area contributed by atoms with Crippen molar-refractivity contribution in [2.75, 3.05) is 13.2 Å². The maximum Gasteiger partial charge on any atom is 0.431 e. The van der Waals surface area contributed by atoms with Crippen molar-refractivity contribution in [3.8, 4) is 0 Å². The highest BCUT2D eigenvalue weighted by Crippen LogP contribution is 2.56. The second kappa shape index (κ2) is 10.1. The van der Waals surface area contributed by atoms with Crippen LogP contribution in [-0.4, -0.2) is 72.5 Å². The number of carbonyl (C=O) groups is 1. The van der Waals surface area contributed by atoms with Crippen molar-refractivity contribution in [2.24, 2.45) is 17.8 Å². The van der Waals surface area contributed by atoms with Crippen LogP contribution in [0.4, 0.5) is 43.9 Å². The summed E-state index contributed by atoms with van der Waals surface area (Å²) in [5.74, 6) is -9.74. The Morgan fingerprint density at radius 1 is 0.973 bits per heavy atom. The number of alkyl halides is 10. The normalized spacial score (nSPS) is 24.3. The predicted molar refractivity (Wildman–Crippen MR) is 102 cm³/mol. The van der Waals surface area contributed by atoms with Crippen molar-refractivity contribution in [1.29, 1.82) is 0 Å². The Hall–Kier alpha value is -1.66. The zero-order chi connectivity index (χ0) is 28.8. The molecule has 4 atom stereocenters. The first kappa shape index (κ1) is 31.6. The van der Waals surface area contributed by atoms with E-state index in [2.05, 4.69) is 16.1 Å². The van der Waals surface area contributed by atoms with Gasteiger partial charge in [0.25, 0.3) is 5.60 Å². The van der Waals surface area contributed by atoms with Crippen molar-refractivity contribution >= 4 is 16.1 Å². The average molecular weight is 584 g/mol. The van der Waals surface area contributed by atoms with Crippen LogP contribution in [-0.2, 0) is 24.4 Å². The molecule has 0 aromatic heterocycles. The molecular formula is C19H22F10O7S. The van der Waals surface area contributed by atoms with Gasteiger partial charge >= 0.3 is 39.6 Å². The van der Waals surface area contributed by atoms with Gasteiger partial charge in [-0.2, -0.15) is 52.3 Å². The van der Waals surface area contributed by atoms with Crippen molar-refractivity contribution < 1.29 is 76.2 Å². The second-order valence-corrected chi connectivity index (χ2v) is 10.5. The maximum absolute atomic E-state index is 13.5. The Balaban J connectivity index is 2.13. The largest absolute Gasteiger partial charge is 0.455 e. The minimum atomic E-state index is -6.53. The van der Waals surface area contributed by atoms with Gasteiger partial charge in [0.2, 0.25) is 0 Å². The van der Waals surface area contributed by atoms with Gasteiger partial charge in [0, 0.05) is 12.3 Å². The van der Waals surface area contributed by atoms with E-state index in [0.29, 0.717) is 6.42 Å². The Morgan fingerprint density at radius 2 is 1.51 bits per heavy atom. The summed E-state index contributed by atoms with van der Waals surface area (Å²) in [5.41, 5.74) is -6.46. The van der Waals surface area contributed by atoms with Gasteiger partial charge in [-0.25, -0.2) is 4.79 Å². The third kappa shape index (κ3) is 6.00. The zero-order valence-corrected chi connectivity index (χ0v) is 19.4. The van der Waals surface area contributed by atoms with Gasteiger partial charge < -0.3 is 14.6 Å². The maximum atomic E-state index is 13.5. The van der Waals surface area contributed by atoms with Gasteiger partial charge in [-0.3, -0.25) is 4.55 Å². The molecule has 0 spiro atoms. The third-order valence-corrected chi connectivity index (χ3v) is 7.51. The number of aliphatic hydroxyl groups is 1. The minimum absolute atomic E-state index is 0.197. The van der Waals surface area contributed by atoms with Crippen molar-refractivity contribution in [3.63, 3.8) is 0 Å². The lowest BCUT2D eigenvalue weighted by molar-refractivity contribution is -0.396. The van der Waals surface area contributed by atoms with Crippen LogP contribution in [0, 0.1) is 17.8 Å². The van der Waals surface area contributed by atoms with Gasteiger partial charge in [-0.15, -0.1) is 0 Å². The Bertz CT molecular complexity index is 963. The van der Waals surface area contributed by atoms with Gasteiger partial charge in [0.1, 0.15) is 0 Å². The fraction of sp³-hybridized carbons (Fsp3) is 0.842. The SMILES string of the molecule is C=C(COCCC(F)(F)C(F)(F)S(=O)(=O)O)C(=O)OC(C1CC2CCC1C2)C(O)(C(F)(F)F)C(F)(F)F. The topological polar surface area (TPSA) is 110 Å². The molecule has 2 saturated carbocycles. The van der Waals surface area contributed by atoms with Crippen LogP contribution in [0.15, 0.2) is 12.2 Å². The lowest BCUT2D eigenvalue weighted by Crippen LogP contribution is -2.67. The fourth-order valence-corrected chi connectivity index (χ4v) is 5.10. The van der Waals surface area contributed by atoms with E-state index in [9.17, 15) is 62.2 Å². The van der Waals surface area contributed by atoms with Crippen LogP contribution in [0.5, 0.6) is 0 Å². The molecule has 216 valence electrons. The number of halogens is 10. The molecule has 2 bridgehead atoms. The van der Waals surface area contributed by atoms with Crippen LogP contribution in [0.3, 0.4) is 0 Å². The molecule has 0 aromatic rings. The number of rotatable bonds is 11. The minimum Gasteiger partial charge on any atom is -0.455 e. The molecule has 7 nitrogen and oxygen atoms in total. The number of fused-ring (bicyclic) bond motifs is 2. The molecule has 4 unspecified atom stereocenters. The van der Waals surface area contributed by atoms with Gasteiger partial charge in [-0.1, -0.05) is 13.0 Å². The number of ether oxygens (including phenoxy) is 2. The monoisotopic (exact) mass is 584 g/mol. The van der Waals surface area contributed by atoms with Crippen LogP contribution in [0.1, 0.15) is 32.1 Å². The molecule has 0 saturated heterocycles. The summed E-state index contributed by atoms with van der Waals surface area (Å²) in [6.45, 7) is 0.386. The summed E-state index contributed by atoms with van der Waals surface area (Å²) in [5, 5.41) is 3.99. The van der Waals surface area contributed by atoms with E-state index in [4.69, 9.17) is 4.55 Å². The number of esters is 1. The first-order valence-corrected chi connectivity index (χ1v) is 12.0. The lowest BCUT2D eigenvalue weighted by atomic mass is 9.76. The second-order valence-electron chi connectivity index (χ2n) is 9.03. The molecule has 37 heavy (non-hydrogen) atoms. The average Bonchev–Trinajstić information content (AvgIpc) is 3.35. The Kier molecular flexibility index (Phi) is 8.65. The summed E-state index contributed by atoms with van der Waals surface area (Å²) in [4.78, 5) is 12.3. The van der Waals surface area contributed by atoms with E-state index in [1.54, 1.807) is 0 Å². The number of hydrogen-bond donors (Lipinski definition) is 2. The van der Waals surface area contributed by atoms with E-state index in [-0.39, 0.29) is 25.2 Å². The molecule has 0 amide bonds. The first-order valence-electron chi connectivity index (χ1n) is 10.5. The Morgan fingerprint density at radius 3 is 1.92 bits per heavy atom. The molecule has 2 aliphatic carbocycles. The quantitative estimate of drug-likeness (QED) is 0.123. The number of hydrogen-bond acceptors (Lipinski definition) is 6. The van der Waals surface area contributed by atoms with E-state index in [1.165, 1.54) is 0 Å². The molecule has 0 aromatic carbocycles. The summed E-state index contributed by atoms with van der Waals surface area (Å²) in [6.07, 6.45) is -17.0. The van der Waals surface area contributed by atoms with Crippen molar-refractivity contribution in [2.45, 2.75) is 67.3 Å². The van der Waals surface area contributed by atoms with Gasteiger partial charge in [0.15, 0.2) is 6.10 Å². The summed E-state index contributed by atoms with van der Waals surface area (Å²) in [7, 11) is -6.53. The summed E-state index contributed by atoms with van der Waals surface area (Å²) in [6, 6.07) is 0.